The quantitative estimate of drug-likeness (QED) is 0.134. The van der Waals surface area contributed by atoms with E-state index < -0.39 is 29.3 Å². The summed E-state index contributed by atoms with van der Waals surface area (Å²) < 4.78 is 47.7. The maximum absolute atomic E-state index is 14.2. The van der Waals surface area contributed by atoms with Crippen molar-refractivity contribution in [2.24, 2.45) is 0 Å². The summed E-state index contributed by atoms with van der Waals surface area (Å²) in [6, 6.07) is 11.2. The SMILES string of the molecule is C=CC(=O)Nc1ccccc1CCc1nc(CCCc2ccc(N(CCCNC(=O)OC(C)(C)C)C(C)=O)cc2C(F)(F)F)ncc1Cl. The van der Waals surface area contributed by atoms with Gasteiger partial charge in [0.1, 0.15) is 11.4 Å². The fourth-order valence-corrected chi connectivity index (χ4v) is 5.08. The van der Waals surface area contributed by atoms with Crippen molar-refractivity contribution >= 4 is 40.9 Å². The van der Waals surface area contributed by atoms with E-state index in [1.165, 1.54) is 36.2 Å². The van der Waals surface area contributed by atoms with Gasteiger partial charge in [0.15, 0.2) is 0 Å². The number of hydrogen-bond acceptors (Lipinski definition) is 6. The molecule has 1 aromatic heterocycles. The molecular formula is C35H41ClF3N5O4. The second-order valence-corrected chi connectivity index (χ2v) is 12.5. The molecule has 0 atom stereocenters. The Kier molecular flexibility index (Phi) is 13.5. The van der Waals surface area contributed by atoms with Crippen molar-refractivity contribution < 1.29 is 32.3 Å². The molecule has 0 aliphatic heterocycles. The number of benzene rings is 2. The number of carbonyl (C=O) groups is 3. The highest BCUT2D eigenvalue weighted by Crippen LogP contribution is 2.35. The molecule has 0 radical (unpaired) electrons. The van der Waals surface area contributed by atoms with E-state index in [0.29, 0.717) is 54.3 Å². The highest BCUT2D eigenvalue weighted by molar-refractivity contribution is 6.31. The number of ether oxygens (including phenoxy) is 1. The second kappa shape index (κ2) is 17.1. The number of nitrogens with zero attached hydrogens (tertiary/aromatic N) is 3. The maximum atomic E-state index is 14.2. The van der Waals surface area contributed by atoms with E-state index in [2.05, 4.69) is 27.2 Å². The standard InChI is InChI=1S/C35H41ClF3N5O4/c1-6-32(46)43-29-13-8-7-11-25(29)16-18-30-28(36)22-41-31(42-30)14-9-12-24-15-17-26(21-27(24)35(37,38)39)44(23(2)45)20-10-19-40-33(47)48-34(3,4)5/h6-8,11,13,15,17,21-22H,1,9-10,12,14,16,18-20H2,2-5H3,(H,40,47)(H,43,46). The fourth-order valence-electron chi connectivity index (χ4n) is 4.90. The van der Waals surface area contributed by atoms with Gasteiger partial charge in [0.05, 0.1) is 16.3 Å². The predicted octanol–water partition coefficient (Wildman–Crippen LogP) is 7.50. The van der Waals surface area contributed by atoms with Crippen LogP contribution in [0.3, 0.4) is 0 Å². The number of carbonyl (C=O) groups excluding carboxylic acids is 3. The van der Waals surface area contributed by atoms with Gasteiger partial charge in [-0.25, -0.2) is 14.8 Å². The van der Waals surface area contributed by atoms with Crippen molar-refractivity contribution in [2.45, 2.75) is 78.0 Å². The van der Waals surface area contributed by atoms with E-state index >= 15 is 0 Å². The molecule has 3 rings (SSSR count). The van der Waals surface area contributed by atoms with E-state index in [0.717, 1.165) is 11.6 Å². The largest absolute Gasteiger partial charge is 0.444 e. The number of alkyl halides is 3. The number of halogens is 4. The molecule has 9 nitrogen and oxygen atoms in total. The summed E-state index contributed by atoms with van der Waals surface area (Å²) in [5.41, 5.74) is 0.849. The summed E-state index contributed by atoms with van der Waals surface area (Å²) >= 11 is 6.36. The second-order valence-electron chi connectivity index (χ2n) is 12.1. The van der Waals surface area contributed by atoms with Gasteiger partial charge < -0.3 is 20.3 Å². The molecule has 1 heterocycles. The lowest BCUT2D eigenvalue weighted by Crippen LogP contribution is -2.35. The van der Waals surface area contributed by atoms with E-state index in [4.69, 9.17) is 16.3 Å². The highest BCUT2D eigenvalue weighted by atomic mass is 35.5. The molecule has 0 spiro atoms. The molecular weight excluding hydrogens is 647 g/mol. The molecule has 0 fully saturated rings. The first-order chi connectivity index (χ1) is 22.6. The van der Waals surface area contributed by atoms with Crippen LogP contribution in [0.4, 0.5) is 29.3 Å². The van der Waals surface area contributed by atoms with Crippen molar-refractivity contribution in [1.82, 2.24) is 15.3 Å². The van der Waals surface area contributed by atoms with Crippen LogP contribution < -0.4 is 15.5 Å². The minimum atomic E-state index is -4.64. The van der Waals surface area contributed by atoms with E-state index in [1.54, 1.807) is 26.8 Å². The van der Waals surface area contributed by atoms with E-state index in [9.17, 15) is 27.6 Å². The van der Waals surface area contributed by atoms with Crippen LogP contribution in [0.15, 0.2) is 61.3 Å². The predicted molar refractivity (Wildman–Crippen MR) is 180 cm³/mol. The van der Waals surface area contributed by atoms with Crippen LogP contribution in [-0.4, -0.2) is 46.6 Å². The van der Waals surface area contributed by atoms with Crippen LogP contribution in [-0.2, 0) is 46.2 Å². The normalized spacial score (nSPS) is 11.5. The van der Waals surface area contributed by atoms with Crippen LogP contribution >= 0.6 is 11.6 Å². The zero-order valence-electron chi connectivity index (χ0n) is 27.5. The summed E-state index contributed by atoms with van der Waals surface area (Å²) in [5.74, 6) is -0.293. The third-order valence-electron chi connectivity index (χ3n) is 7.12. The average Bonchev–Trinajstić information content (AvgIpc) is 3.00. The lowest BCUT2D eigenvalue weighted by molar-refractivity contribution is -0.138. The summed E-state index contributed by atoms with van der Waals surface area (Å²) in [4.78, 5) is 46.1. The molecule has 2 aromatic carbocycles. The van der Waals surface area contributed by atoms with Crippen LogP contribution in [0.25, 0.3) is 0 Å². The Bertz CT molecular complexity index is 1610. The van der Waals surface area contributed by atoms with Crippen LogP contribution in [0, 0.1) is 0 Å². The number of alkyl carbamates (subject to hydrolysis) is 1. The molecule has 3 aromatic rings. The number of hydrogen-bond donors (Lipinski definition) is 2. The van der Waals surface area contributed by atoms with Gasteiger partial charge in [0, 0.05) is 44.0 Å². The molecule has 258 valence electrons. The Balaban J connectivity index is 1.65. The minimum absolute atomic E-state index is 0.0914. The number of anilines is 2. The average molecular weight is 688 g/mol. The third kappa shape index (κ3) is 12.0. The molecule has 0 saturated heterocycles. The number of nitrogens with one attached hydrogen (secondary N) is 2. The number of aromatic nitrogens is 2. The first-order valence-corrected chi connectivity index (χ1v) is 15.9. The van der Waals surface area contributed by atoms with Gasteiger partial charge in [-0.1, -0.05) is 42.4 Å². The maximum Gasteiger partial charge on any atom is 0.416 e. The first kappa shape index (κ1) is 38.0. The van der Waals surface area contributed by atoms with Crippen molar-refractivity contribution in [1.29, 1.82) is 0 Å². The number of rotatable bonds is 14. The molecule has 13 heteroatoms. The smallest absolute Gasteiger partial charge is 0.416 e. The zero-order chi connectivity index (χ0) is 35.5. The molecule has 0 saturated carbocycles. The molecule has 0 unspecified atom stereocenters. The molecule has 48 heavy (non-hydrogen) atoms. The molecule has 0 bridgehead atoms. The summed E-state index contributed by atoms with van der Waals surface area (Å²) in [6.45, 7) is 10.2. The van der Waals surface area contributed by atoms with Crippen LogP contribution in [0.1, 0.15) is 68.7 Å². The van der Waals surface area contributed by atoms with Gasteiger partial charge in [0.2, 0.25) is 11.8 Å². The van der Waals surface area contributed by atoms with E-state index in [1.807, 2.05) is 18.2 Å². The Morgan fingerprint density at radius 3 is 2.40 bits per heavy atom. The van der Waals surface area contributed by atoms with Gasteiger partial charge in [-0.2, -0.15) is 13.2 Å². The Morgan fingerprint density at radius 2 is 1.73 bits per heavy atom. The Labute approximate surface area is 283 Å². The number of para-hydroxylation sites is 1. The van der Waals surface area contributed by atoms with Crippen LogP contribution in [0.2, 0.25) is 5.02 Å². The van der Waals surface area contributed by atoms with Crippen molar-refractivity contribution in [3.63, 3.8) is 0 Å². The monoisotopic (exact) mass is 687 g/mol. The van der Waals surface area contributed by atoms with Crippen molar-refractivity contribution in [3.05, 3.63) is 94.5 Å². The molecule has 0 aliphatic carbocycles. The Morgan fingerprint density at radius 1 is 1.00 bits per heavy atom. The Hall–Kier alpha value is -4.45. The van der Waals surface area contributed by atoms with Gasteiger partial charge in [0.25, 0.3) is 0 Å². The molecule has 2 N–H and O–H groups in total. The number of amides is 3. The lowest BCUT2D eigenvalue weighted by atomic mass is 10.00. The van der Waals surface area contributed by atoms with Gasteiger partial charge in [-0.15, -0.1) is 0 Å². The summed E-state index contributed by atoms with van der Waals surface area (Å²) in [7, 11) is 0. The lowest BCUT2D eigenvalue weighted by Gasteiger charge is -2.24. The number of aryl methyl sites for hydroxylation is 4. The topological polar surface area (TPSA) is 114 Å². The van der Waals surface area contributed by atoms with Gasteiger partial charge in [-0.3, -0.25) is 9.59 Å². The van der Waals surface area contributed by atoms with Crippen molar-refractivity contribution in [3.8, 4) is 0 Å². The minimum Gasteiger partial charge on any atom is -0.444 e. The summed E-state index contributed by atoms with van der Waals surface area (Å²) in [6.07, 6.45) is -0.521. The zero-order valence-corrected chi connectivity index (χ0v) is 28.3. The van der Waals surface area contributed by atoms with Crippen molar-refractivity contribution in [2.75, 3.05) is 23.3 Å². The van der Waals surface area contributed by atoms with E-state index in [-0.39, 0.29) is 36.7 Å². The highest BCUT2D eigenvalue weighted by Gasteiger charge is 2.34. The molecule has 3 amide bonds. The summed E-state index contributed by atoms with van der Waals surface area (Å²) in [5, 5.41) is 5.73. The van der Waals surface area contributed by atoms with Gasteiger partial charge >= 0.3 is 12.3 Å². The van der Waals surface area contributed by atoms with Crippen LogP contribution in [0.5, 0.6) is 0 Å². The van der Waals surface area contributed by atoms with Gasteiger partial charge in [-0.05, 0) is 88.3 Å². The first-order valence-electron chi connectivity index (χ1n) is 15.5. The fraction of sp³-hybridized carbons (Fsp3) is 0.400. The molecule has 0 aliphatic rings. The third-order valence-corrected chi connectivity index (χ3v) is 7.44.